The summed E-state index contributed by atoms with van der Waals surface area (Å²) in [5, 5.41) is 13.0. The first-order valence-corrected chi connectivity index (χ1v) is 6.96. The number of hydrazone groups is 1. The molecule has 6 nitrogen and oxygen atoms in total. The number of nitrogens with two attached hydrogens (primary N) is 1. The number of hydrogen-bond donors (Lipinski definition) is 3. The lowest BCUT2D eigenvalue weighted by Crippen LogP contribution is -2.20. The number of anilines is 1. The fourth-order valence-electron chi connectivity index (χ4n) is 1.49. The number of aromatic nitrogens is 1. The molecular weight excluding hydrogens is 351 g/mol. The molecule has 0 saturated heterocycles. The maximum Gasteiger partial charge on any atom is 0.291 e. The molecule has 0 fully saturated rings. The van der Waals surface area contributed by atoms with Gasteiger partial charge in [0.15, 0.2) is 10.8 Å². The number of halogens is 3. The molecule has 0 radical (unpaired) electrons. The van der Waals surface area contributed by atoms with Crippen LogP contribution in [0.2, 0.25) is 15.2 Å². The van der Waals surface area contributed by atoms with Crippen LogP contribution in [0.25, 0.3) is 0 Å². The smallest absolute Gasteiger partial charge is 0.291 e. The molecular formula is C13H9Cl3N4O2. The summed E-state index contributed by atoms with van der Waals surface area (Å²) in [5.41, 5.74) is 8.00. The molecule has 2 rings (SSSR count). The Kier molecular flexibility index (Phi) is 5.07. The maximum absolute atomic E-state index is 12.0. The van der Waals surface area contributed by atoms with E-state index in [1.807, 2.05) is 0 Å². The number of nitrogen functional groups attached to an aromatic ring is 1. The fraction of sp³-hybridized carbons (Fsp3) is 0. The number of amides is 1. The first-order valence-electron chi connectivity index (χ1n) is 5.83. The highest BCUT2D eigenvalue weighted by molar-refractivity contribution is 6.46. The highest BCUT2D eigenvalue weighted by atomic mass is 35.5. The first kappa shape index (κ1) is 16.4. The van der Waals surface area contributed by atoms with E-state index in [1.165, 1.54) is 12.3 Å². The van der Waals surface area contributed by atoms with Crippen LogP contribution in [0.4, 0.5) is 5.69 Å². The van der Waals surface area contributed by atoms with E-state index in [-0.39, 0.29) is 32.3 Å². The number of nitrogens with one attached hydrogen (secondary N) is 1. The van der Waals surface area contributed by atoms with E-state index in [0.29, 0.717) is 5.56 Å². The highest BCUT2D eigenvalue weighted by Gasteiger charge is 2.19. The Hall–Kier alpha value is -2.02. The van der Waals surface area contributed by atoms with Crippen molar-refractivity contribution < 1.29 is 9.90 Å². The van der Waals surface area contributed by atoms with Gasteiger partial charge in [-0.1, -0.05) is 46.9 Å². The molecule has 4 N–H and O–H groups in total. The molecule has 0 atom stereocenters. The van der Waals surface area contributed by atoms with E-state index < -0.39 is 5.91 Å². The molecule has 0 saturated carbocycles. The summed E-state index contributed by atoms with van der Waals surface area (Å²) in [7, 11) is 0. The maximum atomic E-state index is 12.0. The third-order valence-corrected chi connectivity index (χ3v) is 3.73. The number of para-hydroxylation sites is 1. The molecule has 0 bridgehead atoms. The Morgan fingerprint density at radius 3 is 2.64 bits per heavy atom. The number of phenolic OH excluding ortho intramolecular Hbond substituents is 1. The second kappa shape index (κ2) is 6.83. The van der Waals surface area contributed by atoms with Crippen molar-refractivity contribution in [2.24, 2.45) is 5.10 Å². The molecule has 0 spiro atoms. The standard InChI is InChI=1S/C13H9Cl3N4O2/c14-8-10(17)9(15)12(16)19-11(8)13(22)20-18-5-6-3-1-2-4-7(6)21/h1-5,21H,(H2,17,19)(H,20,22)/b18-5+. The quantitative estimate of drug-likeness (QED) is 0.445. The Morgan fingerprint density at radius 1 is 1.27 bits per heavy atom. The van der Waals surface area contributed by atoms with E-state index in [4.69, 9.17) is 40.5 Å². The van der Waals surface area contributed by atoms with E-state index >= 15 is 0 Å². The van der Waals surface area contributed by atoms with Crippen molar-refractivity contribution in [1.82, 2.24) is 10.4 Å². The number of phenols is 1. The van der Waals surface area contributed by atoms with Crippen LogP contribution in [-0.4, -0.2) is 22.2 Å². The monoisotopic (exact) mass is 358 g/mol. The number of carbonyl (C=O) groups is 1. The van der Waals surface area contributed by atoms with Crippen molar-refractivity contribution in [3.8, 4) is 5.75 Å². The lowest BCUT2D eigenvalue weighted by Gasteiger charge is -2.07. The third kappa shape index (κ3) is 3.41. The van der Waals surface area contributed by atoms with Gasteiger partial charge < -0.3 is 10.8 Å². The topological polar surface area (TPSA) is 101 Å². The molecule has 114 valence electrons. The Balaban J connectivity index is 2.19. The molecule has 1 aromatic carbocycles. The summed E-state index contributed by atoms with van der Waals surface area (Å²) >= 11 is 17.4. The van der Waals surface area contributed by atoms with Crippen LogP contribution < -0.4 is 11.2 Å². The number of hydrogen-bond acceptors (Lipinski definition) is 5. The Labute approximate surface area is 140 Å². The molecule has 22 heavy (non-hydrogen) atoms. The minimum absolute atomic E-state index is 0.0236. The van der Waals surface area contributed by atoms with Gasteiger partial charge in [-0.05, 0) is 12.1 Å². The van der Waals surface area contributed by atoms with E-state index in [0.717, 1.165) is 0 Å². The van der Waals surface area contributed by atoms with Gasteiger partial charge in [-0.25, -0.2) is 10.4 Å². The molecule has 0 aliphatic carbocycles. The summed E-state index contributed by atoms with van der Waals surface area (Å²) in [6, 6.07) is 6.48. The molecule has 1 amide bonds. The van der Waals surface area contributed by atoms with E-state index in [1.54, 1.807) is 18.2 Å². The van der Waals surface area contributed by atoms with Gasteiger partial charge in [0.05, 0.1) is 16.9 Å². The average Bonchev–Trinajstić information content (AvgIpc) is 2.50. The minimum Gasteiger partial charge on any atom is -0.507 e. The molecule has 1 heterocycles. The van der Waals surface area contributed by atoms with Gasteiger partial charge in [-0.2, -0.15) is 5.10 Å². The number of benzene rings is 1. The van der Waals surface area contributed by atoms with Gasteiger partial charge in [-0.3, -0.25) is 4.79 Å². The summed E-state index contributed by atoms with van der Waals surface area (Å²) in [5.74, 6) is -0.697. The first-order chi connectivity index (χ1) is 10.4. The van der Waals surface area contributed by atoms with Crippen LogP contribution >= 0.6 is 34.8 Å². The van der Waals surface area contributed by atoms with Crippen LogP contribution in [0.5, 0.6) is 5.75 Å². The van der Waals surface area contributed by atoms with E-state index in [9.17, 15) is 9.90 Å². The van der Waals surface area contributed by atoms with Gasteiger partial charge in [0.1, 0.15) is 10.8 Å². The average molecular weight is 360 g/mol. The summed E-state index contributed by atoms with van der Waals surface area (Å²) < 4.78 is 0. The molecule has 1 aromatic heterocycles. The lowest BCUT2D eigenvalue weighted by atomic mass is 10.2. The van der Waals surface area contributed by atoms with Crippen molar-refractivity contribution in [3.63, 3.8) is 0 Å². The van der Waals surface area contributed by atoms with Crippen LogP contribution in [0, 0.1) is 0 Å². The fourth-order valence-corrected chi connectivity index (χ4v) is 2.09. The summed E-state index contributed by atoms with van der Waals surface area (Å²) in [4.78, 5) is 15.7. The van der Waals surface area contributed by atoms with Crippen LogP contribution in [0.3, 0.4) is 0 Å². The zero-order valence-electron chi connectivity index (χ0n) is 10.8. The van der Waals surface area contributed by atoms with Gasteiger partial charge >= 0.3 is 0 Å². The normalized spacial score (nSPS) is 10.9. The minimum atomic E-state index is -0.720. The molecule has 2 aromatic rings. The number of rotatable bonds is 3. The predicted octanol–water partition coefficient (Wildman–Crippen LogP) is 3.09. The van der Waals surface area contributed by atoms with Gasteiger partial charge in [-0.15, -0.1) is 0 Å². The van der Waals surface area contributed by atoms with Crippen molar-refractivity contribution in [2.75, 3.05) is 5.73 Å². The largest absolute Gasteiger partial charge is 0.507 e. The van der Waals surface area contributed by atoms with Gasteiger partial charge in [0.25, 0.3) is 5.91 Å². The van der Waals surface area contributed by atoms with Crippen molar-refractivity contribution in [3.05, 3.63) is 50.7 Å². The van der Waals surface area contributed by atoms with Gasteiger partial charge in [0, 0.05) is 5.56 Å². The third-order valence-electron chi connectivity index (χ3n) is 2.59. The number of nitrogens with zero attached hydrogens (tertiary/aromatic N) is 2. The van der Waals surface area contributed by atoms with Crippen molar-refractivity contribution in [2.45, 2.75) is 0 Å². The number of aromatic hydroxyl groups is 1. The van der Waals surface area contributed by atoms with Crippen molar-refractivity contribution >= 4 is 52.6 Å². The van der Waals surface area contributed by atoms with Crippen LogP contribution in [-0.2, 0) is 0 Å². The summed E-state index contributed by atoms with van der Waals surface area (Å²) in [6.07, 6.45) is 1.27. The predicted molar refractivity (Wildman–Crippen MR) is 86.8 cm³/mol. The van der Waals surface area contributed by atoms with E-state index in [2.05, 4.69) is 15.5 Å². The molecule has 0 aliphatic rings. The Morgan fingerprint density at radius 2 is 1.95 bits per heavy atom. The van der Waals surface area contributed by atoms with Gasteiger partial charge in [0.2, 0.25) is 0 Å². The molecule has 0 unspecified atom stereocenters. The SMILES string of the molecule is Nc1c(Cl)c(Cl)nc(C(=O)N/N=C/c2ccccc2O)c1Cl. The number of carbonyl (C=O) groups excluding carboxylic acids is 1. The Bertz CT molecular complexity index is 765. The zero-order valence-corrected chi connectivity index (χ0v) is 13.1. The molecule has 0 aliphatic heterocycles. The molecule has 9 heteroatoms. The second-order valence-electron chi connectivity index (χ2n) is 4.05. The number of pyridine rings is 1. The van der Waals surface area contributed by atoms with Crippen molar-refractivity contribution in [1.29, 1.82) is 0 Å². The van der Waals surface area contributed by atoms with Crippen LogP contribution in [0.1, 0.15) is 16.1 Å². The highest BCUT2D eigenvalue weighted by Crippen LogP contribution is 2.34. The lowest BCUT2D eigenvalue weighted by molar-refractivity contribution is 0.0950. The van der Waals surface area contributed by atoms with Crippen LogP contribution in [0.15, 0.2) is 29.4 Å². The zero-order chi connectivity index (χ0) is 16.3. The summed E-state index contributed by atoms with van der Waals surface area (Å²) in [6.45, 7) is 0. The second-order valence-corrected chi connectivity index (χ2v) is 5.16.